The number of nitrogens with zero attached hydrogens (tertiary/aromatic N) is 2. The first-order chi connectivity index (χ1) is 12.0. The molecule has 0 saturated carbocycles. The van der Waals surface area contributed by atoms with Crippen LogP contribution in [-0.2, 0) is 14.6 Å². The van der Waals surface area contributed by atoms with Crippen LogP contribution < -0.4 is 4.74 Å². The maximum atomic E-state index is 12.2. The molecule has 0 unspecified atom stereocenters. The van der Waals surface area contributed by atoms with Crippen molar-refractivity contribution in [1.82, 2.24) is 9.88 Å². The summed E-state index contributed by atoms with van der Waals surface area (Å²) in [5, 5.41) is 0. The fourth-order valence-electron chi connectivity index (χ4n) is 2.46. The summed E-state index contributed by atoms with van der Waals surface area (Å²) < 4.78 is 30.9. The molecule has 1 aromatic heterocycles. The van der Waals surface area contributed by atoms with Gasteiger partial charge in [-0.3, -0.25) is 4.79 Å². The fraction of sp³-hybridized carbons (Fsp3) is 0.294. The van der Waals surface area contributed by atoms with Gasteiger partial charge in [0.15, 0.2) is 9.84 Å². The highest BCUT2D eigenvalue weighted by molar-refractivity contribution is 9.10. The van der Waals surface area contributed by atoms with Gasteiger partial charge in [-0.1, -0.05) is 18.2 Å². The van der Waals surface area contributed by atoms with Crippen LogP contribution in [-0.4, -0.2) is 49.2 Å². The summed E-state index contributed by atoms with van der Waals surface area (Å²) in [7, 11) is -3.44. The first kappa shape index (κ1) is 17.9. The van der Waals surface area contributed by atoms with E-state index >= 15 is 0 Å². The minimum Gasteiger partial charge on any atom is -0.470 e. The number of amides is 1. The molecule has 25 heavy (non-hydrogen) atoms. The lowest BCUT2D eigenvalue weighted by atomic mass is 10.1. The SMILES string of the molecule is O=C(CCS(=O)(=O)c1ccccc1)N1CC(Oc2ncccc2Br)C1. The molecule has 1 amide bonds. The zero-order chi connectivity index (χ0) is 17.9. The predicted molar refractivity (Wildman–Crippen MR) is 96.0 cm³/mol. The largest absolute Gasteiger partial charge is 0.470 e. The van der Waals surface area contributed by atoms with Crippen molar-refractivity contribution in [3.63, 3.8) is 0 Å². The van der Waals surface area contributed by atoms with Crippen LogP contribution in [0.5, 0.6) is 5.88 Å². The zero-order valence-electron chi connectivity index (χ0n) is 13.3. The third-order valence-corrected chi connectivity index (χ3v) is 6.23. The molecule has 0 N–H and O–H groups in total. The lowest BCUT2D eigenvalue weighted by Gasteiger charge is -2.38. The molecule has 1 fully saturated rings. The third-order valence-electron chi connectivity index (χ3n) is 3.89. The average molecular weight is 425 g/mol. The number of pyridine rings is 1. The first-order valence-corrected chi connectivity index (χ1v) is 10.2. The summed E-state index contributed by atoms with van der Waals surface area (Å²) in [6.07, 6.45) is 1.48. The van der Waals surface area contributed by atoms with Crippen molar-refractivity contribution in [1.29, 1.82) is 0 Å². The molecule has 1 aliphatic heterocycles. The minimum absolute atomic E-state index is 0.0305. The zero-order valence-corrected chi connectivity index (χ0v) is 15.7. The molecular formula is C17H17BrN2O4S. The monoisotopic (exact) mass is 424 g/mol. The molecule has 0 aliphatic carbocycles. The predicted octanol–water partition coefficient (Wildman–Crippen LogP) is 2.30. The van der Waals surface area contributed by atoms with E-state index in [1.807, 2.05) is 6.07 Å². The van der Waals surface area contributed by atoms with E-state index in [0.717, 1.165) is 4.47 Å². The highest BCUT2D eigenvalue weighted by Crippen LogP contribution is 2.24. The van der Waals surface area contributed by atoms with Crippen molar-refractivity contribution >= 4 is 31.7 Å². The van der Waals surface area contributed by atoms with Crippen LogP contribution in [0.2, 0.25) is 0 Å². The molecule has 0 spiro atoms. The quantitative estimate of drug-likeness (QED) is 0.710. The van der Waals surface area contributed by atoms with Gasteiger partial charge in [0, 0.05) is 12.6 Å². The molecule has 0 atom stereocenters. The number of carbonyl (C=O) groups is 1. The molecule has 3 rings (SSSR count). The molecule has 0 bridgehead atoms. The number of likely N-dealkylation sites (tertiary alicyclic amines) is 1. The van der Waals surface area contributed by atoms with Crippen LogP contribution >= 0.6 is 15.9 Å². The van der Waals surface area contributed by atoms with Crippen molar-refractivity contribution in [3.8, 4) is 5.88 Å². The third kappa shape index (κ3) is 4.38. The molecule has 2 heterocycles. The Morgan fingerprint density at radius 2 is 1.92 bits per heavy atom. The van der Waals surface area contributed by atoms with Crippen molar-refractivity contribution < 1.29 is 17.9 Å². The van der Waals surface area contributed by atoms with E-state index in [2.05, 4.69) is 20.9 Å². The second-order valence-electron chi connectivity index (χ2n) is 5.71. The number of carbonyl (C=O) groups excluding carboxylic acids is 1. The Morgan fingerprint density at radius 3 is 2.60 bits per heavy atom. The Morgan fingerprint density at radius 1 is 1.20 bits per heavy atom. The number of hydrogen-bond donors (Lipinski definition) is 0. The van der Waals surface area contributed by atoms with Crippen LogP contribution in [0.25, 0.3) is 0 Å². The first-order valence-electron chi connectivity index (χ1n) is 7.78. The molecule has 8 heteroatoms. The van der Waals surface area contributed by atoms with Gasteiger partial charge in [0.2, 0.25) is 11.8 Å². The van der Waals surface area contributed by atoms with Gasteiger partial charge in [-0.25, -0.2) is 13.4 Å². The molecule has 1 saturated heterocycles. The Labute approximate surface area is 154 Å². The van der Waals surface area contributed by atoms with Crippen LogP contribution in [0.4, 0.5) is 0 Å². The maximum Gasteiger partial charge on any atom is 0.228 e. The van der Waals surface area contributed by atoms with Gasteiger partial charge in [-0.15, -0.1) is 0 Å². The van der Waals surface area contributed by atoms with Crippen molar-refractivity contribution in [2.75, 3.05) is 18.8 Å². The summed E-state index contributed by atoms with van der Waals surface area (Å²) in [5.74, 6) is 0.120. The Kier molecular flexibility index (Phi) is 5.39. The van der Waals surface area contributed by atoms with Crippen LogP contribution in [0.3, 0.4) is 0 Å². The lowest BCUT2D eigenvalue weighted by Crippen LogP contribution is -2.56. The van der Waals surface area contributed by atoms with E-state index in [9.17, 15) is 13.2 Å². The van der Waals surface area contributed by atoms with Gasteiger partial charge in [-0.2, -0.15) is 0 Å². The summed E-state index contributed by atoms with van der Waals surface area (Å²) >= 11 is 3.36. The van der Waals surface area contributed by atoms with Gasteiger partial charge < -0.3 is 9.64 Å². The molecule has 0 radical (unpaired) electrons. The molecule has 2 aromatic rings. The number of ether oxygens (including phenoxy) is 1. The number of sulfone groups is 1. The minimum atomic E-state index is -3.44. The van der Waals surface area contributed by atoms with Gasteiger partial charge in [-0.05, 0) is 40.2 Å². The number of hydrogen-bond acceptors (Lipinski definition) is 5. The highest BCUT2D eigenvalue weighted by Gasteiger charge is 2.33. The Bertz CT molecular complexity index is 852. The molecule has 6 nitrogen and oxygen atoms in total. The summed E-state index contributed by atoms with van der Waals surface area (Å²) in [4.78, 5) is 18.1. The van der Waals surface area contributed by atoms with Gasteiger partial charge >= 0.3 is 0 Å². The Balaban J connectivity index is 1.47. The molecule has 132 valence electrons. The Hall–Kier alpha value is -1.93. The topological polar surface area (TPSA) is 76.6 Å². The smallest absolute Gasteiger partial charge is 0.228 e. The molecule has 1 aromatic carbocycles. The van der Waals surface area contributed by atoms with Gasteiger partial charge in [0.25, 0.3) is 0 Å². The number of benzene rings is 1. The fourth-order valence-corrected chi connectivity index (χ4v) is 4.06. The van der Waals surface area contributed by atoms with E-state index in [1.54, 1.807) is 35.4 Å². The van der Waals surface area contributed by atoms with Gasteiger partial charge in [0.1, 0.15) is 6.10 Å². The normalized spacial score (nSPS) is 14.8. The average Bonchev–Trinajstić information content (AvgIpc) is 2.58. The highest BCUT2D eigenvalue weighted by atomic mass is 79.9. The second-order valence-corrected chi connectivity index (χ2v) is 8.67. The van der Waals surface area contributed by atoms with E-state index in [0.29, 0.717) is 19.0 Å². The van der Waals surface area contributed by atoms with Crippen molar-refractivity contribution in [2.45, 2.75) is 17.4 Å². The lowest BCUT2D eigenvalue weighted by molar-refractivity contribution is -0.139. The number of halogens is 1. The van der Waals surface area contributed by atoms with Crippen LogP contribution in [0.15, 0.2) is 58.0 Å². The number of rotatable bonds is 6. The molecular weight excluding hydrogens is 408 g/mol. The molecule has 1 aliphatic rings. The standard InChI is InChI=1S/C17H17BrN2O4S/c18-15-7-4-9-19-17(15)24-13-11-20(12-13)16(21)8-10-25(22,23)14-5-2-1-3-6-14/h1-7,9,13H,8,10-12H2. The van der Waals surface area contributed by atoms with E-state index in [4.69, 9.17) is 4.74 Å². The van der Waals surface area contributed by atoms with Crippen LogP contribution in [0.1, 0.15) is 6.42 Å². The van der Waals surface area contributed by atoms with Gasteiger partial charge in [0.05, 0.1) is 28.2 Å². The summed E-state index contributed by atoms with van der Waals surface area (Å²) in [5.41, 5.74) is 0. The van der Waals surface area contributed by atoms with Crippen LogP contribution in [0, 0.1) is 0 Å². The number of aromatic nitrogens is 1. The van der Waals surface area contributed by atoms with E-state index in [-0.39, 0.29) is 29.1 Å². The van der Waals surface area contributed by atoms with E-state index < -0.39 is 9.84 Å². The van der Waals surface area contributed by atoms with E-state index in [1.165, 1.54) is 12.1 Å². The summed E-state index contributed by atoms with van der Waals surface area (Å²) in [6.45, 7) is 0.875. The second kappa shape index (κ2) is 7.53. The summed E-state index contributed by atoms with van der Waals surface area (Å²) in [6, 6.07) is 11.8. The maximum absolute atomic E-state index is 12.2. The van der Waals surface area contributed by atoms with Crippen molar-refractivity contribution in [3.05, 3.63) is 53.1 Å². The van der Waals surface area contributed by atoms with Crippen molar-refractivity contribution in [2.24, 2.45) is 0 Å².